The normalized spacial score (nSPS) is 17.4. The van der Waals surface area contributed by atoms with Gasteiger partial charge in [0.1, 0.15) is 12.4 Å². The van der Waals surface area contributed by atoms with Crippen LogP contribution in [0.4, 0.5) is 5.69 Å². The van der Waals surface area contributed by atoms with E-state index in [-0.39, 0.29) is 5.91 Å². The van der Waals surface area contributed by atoms with Crippen LogP contribution >= 0.6 is 23.2 Å². The van der Waals surface area contributed by atoms with Crippen molar-refractivity contribution < 1.29 is 9.53 Å². The third-order valence-electron chi connectivity index (χ3n) is 5.57. The van der Waals surface area contributed by atoms with Gasteiger partial charge in [-0.3, -0.25) is 14.6 Å². The van der Waals surface area contributed by atoms with Crippen LogP contribution in [0.3, 0.4) is 0 Å². The molecule has 29 heavy (non-hydrogen) atoms. The average Bonchev–Trinajstić information content (AvgIpc) is 3.16. The minimum atomic E-state index is 0.197. The van der Waals surface area contributed by atoms with Crippen molar-refractivity contribution in [3.8, 4) is 5.75 Å². The van der Waals surface area contributed by atoms with Gasteiger partial charge in [0.25, 0.3) is 0 Å². The first-order valence-electron chi connectivity index (χ1n) is 10.0. The number of halogens is 2. The number of fused-ring (bicyclic) bond motifs is 1. The summed E-state index contributed by atoms with van der Waals surface area (Å²) in [5.74, 6) is 0.816. The molecular formula is C22H25Cl2N3O2. The number of benzene rings is 2. The van der Waals surface area contributed by atoms with Crippen molar-refractivity contribution in [2.75, 3.05) is 57.3 Å². The zero-order valence-electron chi connectivity index (χ0n) is 16.3. The molecule has 1 fully saturated rings. The van der Waals surface area contributed by atoms with Crippen LogP contribution in [0.2, 0.25) is 10.0 Å². The van der Waals surface area contributed by atoms with Crippen molar-refractivity contribution in [1.82, 2.24) is 9.80 Å². The zero-order valence-corrected chi connectivity index (χ0v) is 17.8. The number of amides is 1. The average molecular weight is 434 g/mol. The summed E-state index contributed by atoms with van der Waals surface area (Å²) in [4.78, 5) is 19.3. The minimum absolute atomic E-state index is 0.197. The lowest BCUT2D eigenvalue weighted by Gasteiger charge is -2.35. The quantitative estimate of drug-likeness (QED) is 0.697. The Morgan fingerprint density at radius 1 is 0.966 bits per heavy atom. The maximum atomic E-state index is 12.8. The van der Waals surface area contributed by atoms with E-state index in [1.807, 2.05) is 23.1 Å². The summed E-state index contributed by atoms with van der Waals surface area (Å²) in [6.45, 7) is 6.29. The molecule has 0 unspecified atom stereocenters. The van der Waals surface area contributed by atoms with Crippen LogP contribution in [0.15, 0.2) is 42.5 Å². The molecule has 0 N–H and O–H groups in total. The van der Waals surface area contributed by atoms with Crippen LogP contribution in [-0.4, -0.2) is 68.1 Å². The van der Waals surface area contributed by atoms with E-state index >= 15 is 0 Å². The van der Waals surface area contributed by atoms with Crippen molar-refractivity contribution in [3.63, 3.8) is 0 Å². The number of carbonyl (C=O) groups excluding carboxylic acids is 1. The Labute approximate surface area is 181 Å². The zero-order chi connectivity index (χ0) is 20.2. The van der Waals surface area contributed by atoms with Crippen LogP contribution in [0, 0.1) is 0 Å². The number of hydrogen-bond acceptors (Lipinski definition) is 4. The van der Waals surface area contributed by atoms with Crippen molar-refractivity contribution in [3.05, 3.63) is 58.1 Å². The highest BCUT2D eigenvalue weighted by Crippen LogP contribution is 2.28. The largest absolute Gasteiger partial charge is 0.491 e. The van der Waals surface area contributed by atoms with E-state index in [1.165, 1.54) is 5.56 Å². The lowest BCUT2D eigenvalue weighted by atomic mass is 10.2. The van der Waals surface area contributed by atoms with Gasteiger partial charge in [-0.25, -0.2) is 0 Å². The topological polar surface area (TPSA) is 36.0 Å². The molecule has 154 valence electrons. The SMILES string of the molecule is O=C(CN1CCN(CCOc2cc(Cl)ccc2Cl)CC1)N1CCc2ccccc21. The van der Waals surface area contributed by atoms with E-state index < -0.39 is 0 Å². The molecule has 2 aromatic carbocycles. The molecule has 0 spiro atoms. The lowest BCUT2D eigenvalue weighted by molar-refractivity contribution is -0.120. The number of ether oxygens (including phenoxy) is 1. The van der Waals surface area contributed by atoms with Gasteiger partial charge in [-0.05, 0) is 30.2 Å². The molecule has 0 bridgehead atoms. The van der Waals surface area contributed by atoms with Crippen molar-refractivity contribution in [2.45, 2.75) is 6.42 Å². The van der Waals surface area contributed by atoms with Crippen LogP contribution in [0.5, 0.6) is 5.75 Å². The molecule has 2 aliphatic rings. The van der Waals surface area contributed by atoms with Gasteiger partial charge in [-0.15, -0.1) is 0 Å². The van der Waals surface area contributed by atoms with Gasteiger partial charge < -0.3 is 9.64 Å². The number of para-hydroxylation sites is 1. The fourth-order valence-electron chi connectivity index (χ4n) is 3.92. The summed E-state index contributed by atoms with van der Waals surface area (Å²) in [7, 11) is 0. The highest BCUT2D eigenvalue weighted by Gasteiger charge is 2.26. The fraction of sp³-hybridized carbons (Fsp3) is 0.409. The van der Waals surface area contributed by atoms with Crippen molar-refractivity contribution >= 4 is 34.8 Å². The second-order valence-electron chi connectivity index (χ2n) is 7.47. The number of carbonyl (C=O) groups is 1. The van der Waals surface area contributed by atoms with E-state index in [2.05, 4.69) is 15.9 Å². The molecule has 2 heterocycles. The highest BCUT2D eigenvalue weighted by atomic mass is 35.5. The number of hydrogen-bond donors (Lipinski definition) is 0. The monoisotopic (exact) mass is 433 g/mol. The second kappa shape index (κ2) is 9.35. The summed E-state index contributed by atoms with van der Waals surface area (Å²) in [5, 5.41) is 1.18. The molecule has 0 atom stereocenters. The Bertz CT molecular complexity index is 869. The molecule has 0 aliphatic carbocycles. The third kappa shape index (κ3) is 5.04. The summed E-state index contributed by atoms with van der Waals surface area (Å²) >= 11 is 12.1. The fourth-order valence-corrected chi connectivity index (χ4v) is 4.25. The summed E-state index contributed by atoms with van der Waals surface area (Å²) in [6.07, 6.45) is 0.951. The highest BCUT2D eigenvalue weighted by molar-refractivity contribution is 6.34. The van der Waals surface area contributed by atoms with Gasteiger partial charge in [0, 0.05) is 56.0 Å². The third-order valence-corrected chi connectivity index (χ3v) is 6.12. The summed E-state index contributed by atoms with van der Waals surface area (Å²) in [5.41, 5.74) is 2.35. The molecule has 0 aromatic heterocycles. The predicted octanol–water partition coefficient (Wildman–Crippen LogP) is 3.58. The Hall–Kier alpha value is -1.79. The van der Waals surface area contributed by atoms with E-state index in [0.29, 0.717) is 28.9 Å². The first kappa shape index (κ1) is 20.5. The van der Waals surface area contributed by atoms with Gasteiger partial charge in [-0.1, -0.05) is 41.4 Å². The van der Waals surface area contributed by atoms with Crippen LogP contribution in [0.1, 0.15) is 5.56 Å². The van der Waals surface area contributed by atoms with Crippen molar-refractivity contribution in [2.24, 2.45) is 0 Å². The second-order valence-corrected chi connectivity index (χ2v) is 8.31. The molecule has 5 nitrogen and oxygen atoms in total. The maximum Gasteiger partial charge on any atom is 0.241 e. The predicted molar refractivity (Wildman–Crippen MR) is 117 cm³/mol. The van der Waals surface area contributed by atoms with Gasteiger partial charge in [0.15, 0.2) is 0 Å². The van der Waals surface area contributed by atoms with Crippen LogP contribution in [-0.2, 0) is 11.2 Å². The number of rotatable bonds is 6. The Morgan fingerprint density at radius 2 is 1.72 bits per heavy atom. The maximum absolute atomic E-state index is 12.8. The summed E-state index contributed by atoms with van der Waals surface area (Å²) < 4.78 is 5.78. The molecule has 4 rings (SSSR count). The van der Waals surface area contributed by atoms with E-state index in [0.717, 1.165) is 51.4 Å². The van der Waals surface area contributed by atoms with E-state index in [1.54, 1.807) is 18.2 Å². The molecule has 2 aliphatic heterocycles. The lowest BCUT2D eigenvalue weighted by Crippen LogP contribution is -2.50. The van der Waals surface area contributed by atoms with E-state index in [9.17, 15) is 4.79 Å². The standard InChI is InChI=1S/C22H25Cl2N3O2/c23-18-5-6-19(24)21(15-18)29-14-13-25-9-11-26(12-10-25)16-22(28)27-8-7-17-3-1-2-4-20(17)27/h1-6,15H,7-14,16H2. The Kier molecular flexibility index (Phi) is 6.60. The van der Waals surface area contributed by atoms with Crippen LogP contribution < -0.4 is 9.64 Å². The Morgan fingerprint density at radius 3 is 2.55 bits per heavy atom. The number of nitrogens with zero attached hydrogens (tertiary/aromatic N) is 3. The molecular weight excluding hydrogens is 409 g/mol. The number of anilines is 1. The smallest absolute Gasteiger partial charge is 0.241 e. The summed E-state index contributed by atoms with van der Waals surface area (Å²) in [6, 6.07) is 13.4. The van der Waals surface area contributed by atoms with Gasteiger partial charge in [-0.2, -0.15) is 0 Å². The number of piperazine rings is 1. The van der Waals surface area contributed by atoms with Gasteiger partial charge in [0.05, 0.1) is 11.6 Å². The molecule has 0 saturated carbocycles. The van der Waals surface area contributed by atoms with Crippen molar-refractivity contribution in [1.29, 1.82) is 0 Å². The molecule has 1 amide bonds. The van der Waals surface area contributed by atoms with Gasteiger partial charge in [0.2, 0.25) is 5.91 Å². The van der Waals surface area contributed by atoms with Crippen LogP contribution in [0.25, 0.3) is 0 Å². The molecule has 7 heteroatoms. The first-order valence-corrected chi connectivity index (χ1v) is 10.8. The Balaban J connectivity index is 1.20. The first-order chi connectivity index (χ1) is 14.1. The molecule has 2 aromatic rings. The minimum Gasteiger partial charge on any atom is -0.491 e. The van der Waals surface area contributed by atoms with E-state index in [4.69, 9.17) is 27.9 Å². The van der Waals surface area contributed by atoms with Gasteiger partial charge >= 0.3 is 0 Å². The molecule has 1 saturated heterocycles. The molecule has 0 radical (unpaired) electrons.